The van der Waals surface area contributed by atoms with Crippen LogP contribution in [0.2, 0.25) is 0 Å². The summed E-state index contributed by atoms with van der Waals surface area (Å²) in [5.41, 5.74) is 1.22. The lowest BCUT2D eigenvalue weighted by molar-refractivity contribution is -0.140. The third-order valence-corrected chi connectivity index (χ3v) is 4.34. The van der Waals surface area contributed by atoms with E-state index in [0.29, 0.717) is 24.9 Å². The monoisotopic (exact) mass is 438 g/mol. The van der Waals surface area contributed by atoms with Gasteiger partial charge >= 0.3 is 23.9 Å². The van der Waals surface area contributed by atoms with Gasteiger partial charge in [-0.2, -0.15) is 0 Å². The Morgan fingerprint density at radius 2 is 1.58 bits per heavy atom. The maximum atomic E-state index is 12.1. The Morgan fingerprint density at radius 1 is 0.968 bits per heavy atom. The number of rotatable bonds is 13. The fraction of sp³-hybridized carbons (Fsp3) is 0.474. The molecule has 0 bridgehead atoms. The highest BCUT2D eigenvalue weighted by Crippen LogP contribution is 2.06. The molecular weight excluding hydrogens is 412 g/mol. The molecule has 0 aliphatic carbocycles. The number of nitrogens with zero attached hydrogens (tertiary/aromatic N) is 1. The fourth-order valence-corrected chi connectivity index (χ4v) is 2.61. The van der Waals surface area contributed by atoms with Gasteiger partial charge in [-0.25, -0.2) is 14.4 Å². The SMILES string of the molecule is Cc1ccncc1C(=O)NCCCC[C@H](NC(=O)N[C@@H](CCC(=O)O)C(=O)O)C(=O)O. The first kappa shape index (κ1) is 25.3. The molecule has 6 N–H and O–H groups in total. The number of carbonyl (C=O) groups excluding carboxylic acids is 2. The zero-order chi connectivity index (χ0) is 23.4. The average molecular weight is 438 g/mol. The Balaban J connectivity index is 2.43. The number of carboxylic acid groups (broad SMARTS) is 3. The molecule has 0 unspecified atom stereocenters. The number of aromatic nitrogens is 1. The van der Waals surface area contributed by atoms with Crippen LogP contribution in [0.1, 0.15) is 48.0 Å². The molecule has 31 heavy (non-hydrogen) atoms. The van der Waals surface area contributed by atoms with Crippen molar-refractivity contribution in [2.24, 2.45) is 0 Å². The number of aliphatic carboxylic acids is 3. The van der Waals surface area contributed by atoms with E-state index in [1.165, 1.54) is 6.20 Å². The zero-order valence-corrected chi connectivity index (χ0v) is 17.0. The van der Waals surface area contributed by atoms with Crippen molar-refractivity contribution in [2.45, 2.75) is 51.1 Å². The number of aryl methyl sites for hydroxylation is 1. The number of urea groups is 1. The molecule has 0 spiro atoms. The predicted molar refractivity (Wildman–Crippen MR) is 107 cm³/mol. The second-order valence-electron chi connectivity index (χ2n) is 6.77. The van der Waals surface area contributed by atoms with Gasteiger partial charge in [0, 0.05) is 25.4 Å². The third kappa shape index (κ3) is 9.56. The van der Waals surface area contributed by atoms with Gasteiger partial charge in [-0.3, -0.25) is 14.6 Å². The maximum Gasteiger partial charge on any atom is 0.326 e. The fourth-order valence-electron chi connectivity index (χ4n) is 2.61. The van der Waals surface area contributed by atoms with Gasteiger partial charge in [0.05, 0.1) is 5.56 Å². The number of hydrogen-bond donors (Lipinski definition) is 6. The largest absolute Gasteiger partial charge is 0.481 e. The lowest BCUT2D eigenvalue weighted by Crippen LogP contribution is -2.51. The quantitative estimate of drug-likeness (QED) is 0.236. The third-order valence-electron chi connectivity index (χ3n) is 4.34. The van der Waals surface area contributed by atoms with Crippen LogP contribution < -0.4 is 16.0 Å². The molecule has 0 aromatic carbocycles. The number of amides is 3. The smallest absolute Gasteiger partial charge is 0.326 e. The Bertz CT molecular complexity index is 814. The van der Waals surface area contributed by atoms with Crippen LogP contribution >= 0.6 is 0 Å². The van der Waals surface area contributed by atoms with E-state index in [2.05, 4.69) is 20.9 Å². The minimum atomic E-state index is -1.46. The maximum absolute atomic E-state index is 12.1. The number of unbranched alkanes of at least 4 members (excludes halogenated alkanes) is 1. The molecule has 1 aromatic heterocycles. The standard InChI is InChI=1S/C19H26N4O8/c1-11-7-9-20-10-12(11)16(26)21-8-3-2-4-13(17(27)28)22-19(31)23-14(18(29)30)5-6-15(24)25/h7,9-10,13-14H,2-6,8H2,1H3,(H,21,26)(H,24,25)(H,27,28)(H,29,30)(H2,22,23,31)/t13-,14-/m0/s1. The number of carbonyl (C=O) groups is 5. The van der Waals surface area contributed by atoms with Crippen LogP contribution in [-0.4, -0.2) is 68.8 Å². The van der Waals surface area contributed by atoms with Crippen LogP contribution in [0.25, 0.3) is 0 Å². The van der Waals surface area contributed by atoms with Gasteiger partial charge in [-0.05, 0) is 44.2 Å². The summed E-state index contributed by atoms with van der Waals surface area (Å²) < 4.78 is 0. The van der Waals surface area contributed by atoms with Crippen molar-refractivity contribution in [3.63, 3.8) is 0 Å². The molecule has 3 amide bonds. The van der Waals surface area contributed by atoms with Crippen LogP contribution in [-0.2, 0) is 14.4 Å². The van der Waals surface area contributed by atoms with Crippen LogP contribution in [0, 0.1) is 6.92 Å². The van der Waals surface area contributed by atoms with Crippen molar-refractivity contribution in [3.05, 3.63) is 29.6 Å². The molecule has 0 fully saturated rings. The van der Waals surface area contributed by atoms with Gasteiger partial charge in [0.2, 0.25) is 0 Å². The highest BCUT2D eigenvalue weighted by Gasteiger charge is 2.24. The zero-order valence-electron chi connectivity index (χ0n) is 17.0. The van der Waals surface area contributed by atoms with Crippen LogP contribution in [0.3, 0.4) is 0 Å². The summed E-state index contributed by atoms with van der Waals surface area (Å²) in [6.07, 6.45) is 3.09. The summed E-state index contributed by atoms with van der Waals surface area (Å²) in [5.74, 6) is -4.24. The van der Waals surface area contributed by atoms with E-state index in [-0.39, 0.29) is 18.7 Å². The lowest BCUT2D eigenvalue weighted by atomic mass is 10.1. The summed E-state index contributed by atoms with van der Waals surface area (Å²) in [6, 6.07) is -2.05. The Labute approximate surface area is 178 Å². The molecule has 1 rings (SSSR count). The molecule has 0 radical (unpaired) electrons. The molecule has 2 atom stereocenters. The van der Waals surface area contributed by atoms with Gasteiger partial charge < -0.3 is 31.3 Å². The Kier molecular flexibility index (Phi) is 10.4. The van der Waals surface area contributed by atoms with E-state index in [0.717, 1.165) is 5.56 Å². The van der Waals surface area contributed by atoms with Crippen molar-refractivity contribution in [2.75, 3.05) is 6.54 Å². The van der Waals surface area contributed by atoms with Crippen molar-refractivity contribution in [1.29, 1.82) is 0 Å². The summed E-state index contributed by atoms with van der Waals surface area (Å²) in [4.78, 5) is 60.9. The summed E-state index contributed by atoms with van der Waals surface area (Å²) in [5, 5.41) is 33.8. The molecule has 170 valence electrons. The number of carboxylic acids is 3. The van der Waals surface area contributed by atoms with E-state index >= 15 is 0 Å². The minimum Gasteiger partial charge on any atom is -0.481 e. The van der Waals surface area contributed by atoms with E-state index < -0.39 is 42.4 Å². The molecule has 12 heteroatoms. The van der Waals surface area contributed by atoms with Crippen molar-refractivity contribution < 1.29 is 39.3 Å². The average Bonchev–Trinajstić information content (AvgIpc) is 2.69. The normalized spacial score (nSPS) is 12.3. The highest BCUT2D eigenvalue weighted by atomic mass is 16.4. The minimum absolute atomic E-state index is 0.0530. The lowest BCUT2D eigenvalue weighted by Gasteiger charge is -2.18. The Morgan fingerprint density at radius 3 is 2.13 bits per heavy atom. The molecule has 1 heterocycles. The molecule has 1 aromatic rings. The summed E-state index contributed by atoms with van der Waals surface area (Å²) in [6.45, 7) is 2.07. The second kappa shape index (κ2) is 12.8. The van der Waals surface area contributed by atoms with Crippen molar-refractivity contribution >= 4 is 29.8 Å². The van der Waals surface area contributed by atoms with Gasteiger partial charge in [0.1, 0.15) is 12.1 Å². The van der Waals surface area contributed by atoms with E-state index in [1.54, 1.807) is 19.2 Å². The van der Waals surface area contributed by atoms with E-state index in [9.17, 15) is 29.1 Å². The first-order valence-corrected chi connectivity index (χ1v) is 9.55. The van der Waals surface area contributed by atoms with Crippen molar-refractivity contribution in [1.82, 2.24) is 20.9 Å². The van der Waals surface area contributed by atoms with Crippen molar-refractivity contribution in [3.8, 4) is 0 Å². The van der Waals surface area contributed by atoms with Gasteiger partial charge in [-0.1, -0.05) is 0 Å². The van der Waals surface area contributed by atoms with Gasteiger partial charge in [0.15, 0.2) is 0 Å². The van der Waals surface area contributed by atoms with Gasteiger partial charge in [-0.15, -0.1) is 0 Å². The highest BCUT2D eigenvalue weighted by molar-refractivity contribution is 5.95. The first-order chi connectivity index (χ1) is 14.6. The molecule has 0 saturated heterocycles. The molecule has 0 aliphatic heterocycles. The predicted octanol–water partition coefficient (Wildman–Crippen LogP) is 0.361. The van der Waals surface area contributed by atoms with E-state index in [4.69, 9.17) is 10.2 Å². The Hall–Kier alpha value is -3.70. The molecular formula is C19H26N4O8. The summed E-state index contributed by atoms with van der Waals surface area (Å²) >= 11 is 0. The van der Waals surface area contributed by atoms with Crippen LogP contribution in [0.5, 0.6) is 0 Å². The molecule has 0 aliphatic rings. The van der Waals surface area contributed by atoms with E-state index in [1.807, 2.05) is 0 Å². The van der Waals surface area contributed by atoms with Crippen LogP contribution in [0.15, 0.2) is 18.5 Å². The molecule has 0 saturated carbocycles. The molecule has 12 nitrogen and oxygen atoms in total. The number of hydrogen-bond acceptors (Lipinski definition) is 6. The second-order valence-corrected chi connectivity index (χ2v) is 6.77. The van der Waals surface area contributed by atoms with Crippen LogP contribution in [0.4, 0.5) is 4.79 Å². The topological polar surface area (TPSA) is 195 Å². The van der Waals surface area contributed by atoms with Gasteiger partial charge in [0.25, 0.3) is 5.91 Å². The summed E-state index contributed by atoms with van der Waals surface area (Å²) in [7, 11) is 0. The first-order valence-electron chi connectivity index (χ1n) is 9.55. The number of pyridine rings is 1. The number of nitrogens with one attached hydrogen (secondary N) is 3.